The zero-order valence-electron chi connectivity index (χ0n) is 13.9. The maximum Gasteiger partial charge on any atom is 0.408 e. The molecule has 1 heterocycles. The van der Waals surface area contributed by atoms with Crippen LogP contribution in [0.5, 0.6) is 0 Å². The summed E-state index contributed by atoms with van der Waals surface area (Å²) in [7, 11) is 0. The zero-order valence-corrected chi connectivity index (χ0v) is 14.6. The monoisotopic (exact) mass is 352 g/mol. The summed E-state index contributed by atoms with van der Waals surface area (Å²) in [4.78, 5) is 12.1. The third kappa shape index (κ3) is 5.50. The van der Waals surface area contributed by atoms with Gasteiger partial charge in [-0.15, -0.1) is 10.2 Å². The number of carbonyl (C=O) groups is 1. The Balaban J connectivity index is 2.17. The fraction of sp³-hybridized carbons (Fsp3) is 0.438. The van der Waals surface area contributed by atoms with Crippen molar-refractivity contribution < 1.29 is 13.9 Å². The van der Waals surface area contributed by atoms with E-state index >= 15 is 0 Å². The highest BCUT2D eigenvalue weighted by Crippen LogP contribution is 2.23. The van der Waals surface area contributed by atoms with E-state index in [4.69, 9.17) is 26.5 Å². The molecule has 0 spiro atoms. The van der Waals surface area contributed by atoms with E-state index in [2.05, 4.69) is 15.5 Å². The number of hydrogen-bond acceptors (Lipinski definition) is 6. The molecule has 0 saturated carbocycles. The van der Waals surface area contributed by atoms with Crippen LogP contribution in [0.2, 0.25) is 5.02 Å². The summed E-state index contributed by atoms with van der Waals surface area (Å²) < 4.78 is 10.9. The van der Waals surface area contributed by atoms with Gasteiger partial charge in [0.25, 0.3) is 5.89 Å². The number of nitrogens with two attached hydrogens (primary N) is 1. The molecule has 0 saturated heterocycles. The van der Waals surface area contributed by atoms with E-state index in [0.717, 1.165) is 5.56 Å². The fourth-order valence-electron chi connectivity index (χ4n) is 1.96. The van der Waals surface area contributed by atoms with Gasteiger partial charge in [-0.25, -0.2) is 4.79 Å². The Morgan fingerprint density at radius 3 is 2.54 bits per heavy atom. The van der Waals surface area contributed by atoms with Crippen molar-refractivity contribution in [2.45, 2.75) is 45.4 Å². The molecule has 8 heteroatoms. The van der Waals surface area contributed by atoms with Gasteiger partial charge in [0, 0.05) is 17.0 Å². The Morgan fingerprint density at radius 2 is 2.00 bits per heavy atom. The largest absolute Gasteiger partial charge is 0.436 e. The molecule has 1 aromatic carbocycles. The molecule has 1 amide bonds. The van der Waals surface area contributed by atoms with Gasteiger partial charge in [0.05, 0.1) is 6.54 Å². The molecule has 0 fully saturated rings. The Hall–Kier alpha value is -2.12. The van der Waals surface area contributed by atoms with Gasteiger partial charge in [-0.3, -0.25) is 0 Å². The fourth-order valence-corrected chi connectivity index (χ4v) is 2.08. The Morgan fingerprint density at radius 1 is 1.33 bits per heavy atom. The first kappa shape index (κ1) is 18.2. The molecular weight excluding hydrogens is 332 g/mol. The first-order valence-electron chi connectivity index (χ1n) is 7.52. The lowest BCUT2D eigenvalue weighted by molar-refractivity contribution is 0.0751. The molecule has 1 atom stereocenters. The molecule has 0 aliphatic heterocycles. The summed E-state index contributed by atoms with van der Waals surface area (Å²) in [5, 5.41) is 11.1. The number of ether oxygens (including phenoxy) is 1. The molecule has 130 valence electrons. The molecule has 0 aliphatic carbocycles. The SMILES string of the molecule is CC(C)(C)NC(=O)O[C@@H](Cc1ccc(Cl)cc1)c1nnc(CN)o1. The van der Waals surface area contributed by atoms with Crippen LogP contribution in [0.1, 0.15) is 44.2 Å². The molecule has 3 N–H and O–H groups in total. The van der Waals surface area contributed by atoms with Gasteiger partial charge in [-0.1, -0.05) is 23.7 Å². The number of carbonyl (C=O) groups excluding carboxylic acids is 1. The topological polar surface area (TPSA) is 103 Å². The van der Waals surface area contributed by atoms with E-state index < -0.39 is 17.7 Å². The van der Waals surface area contributed by atoms with Crippen molar-refractivity contribution in [3.8, 4) is 0 Å². The van der Waals surface area contributed by atoms with Crippen LogP contribution in [0.4, 0.5) is 4.79 Å². The van der Waals surface area contributed by atoms with E-state index in [0.29, 0.717) is 11.4 Å². The summed E-state index contributed by atoms with van der Waals surface area (Å²) in [6.07, 6.45) is -0.906. The lowest BCUT2D eigenvalue weighted by Gasteiger charge is -2.22. The van der Waals surface area contributed by atoms with E-state index in [1.54, 1.807) is 12.1 Å². The van der Waals surface area contributed by atoms with Gasteiger partial charge in [0.15, 0.2) is 6.10 Å². The summed E-state index contributed by atoms with van der Waals surface area (Å²) in [5.74, 6) is 0.486. The molecule has 2 aromatic rings. The van der Waals surface area contributed by atoms with E-state index in [1.807, 2.05) is 32.9 Å². The van der Waals surface area contributed by atoms with Crippen LogP contribution >= 0.6 is 11.6 Å². The average Bonchev–Trinajstić information content (AvgIpc) is 2.96. The van der Waals surface area contributed by atoms with E-state index in [-0.39, 0.29) is 18.3 Å². The second kappa shape index (κ2) is 7.63. The smallest absolute Gasteiger partial charge is 0.408 e. The highest BCUT2D eigenvalue weighted by Gasteiger charge is 2.25. The quantitative estimate of drug-likeness (QED) is 0.857. The van der Waals surface area contributed by atoms with Gasteiger partial charge in [0.2, 0.25) is 5.89 Å². The number of aromatic nitrogens is 2. The van der Waals surface area contributed by atoms with Crippen molar-refractivity contribution in [3.05, 3.63) is 46.6 Å². The zero-order chi connectivity index (χ0) is 17.7. The first-order valence-corrected chi connectivity index (χ1v) is 7.90. The predicted octanol–water partition coefficient (Wildman–Crippen LogP) is 2.99. The van der Waals surface area contributed by atoms with E-state index in [9.17, 15) is 4.79 Å². The van der Waals surface area contributed by atoms with Gasteiger partial charge >= 0.3 is 6.09 Å². The van der Waals surface area contributed by atoms with Gasteiger partial charge in [-0.2, -0.15) is 0 Å². The van der Waals surface area contributed by atoms with Crippen LogP contribution in [0.25, 0.3) is 0 Å². The predicted molar refractivity (Wildman–Crippen MR) is 89.5 cm³/mol. The minimum atomic E-state index is -0.721. The molecule has 1 aromatic heterocycles. The maximum atomic E-state index is 12.1. The van der Waals surface area contributed by atoms with Crippen LogP contribution in [0.15, 0.2) is 28.7 Å². The number of benzene rings is 1. The molecule has 0 radical (unpaired) electrons. The number of halogens is 1. The number of amides is 1. The van der Waals surface area contributed by atoms with Crippen molar-refractivity contribution in [3.63, 3.8) is 0 Å². The lowest BCUT2D eigenvalue weighted by atomic mass is 10.1. The highest BCUT2D eigenvalue weighted by molar-refractivity contribution is 6.30. The Bertz CT molecular complexity index is 679. The van der Waals surface area contributed by atoms with Crippen LogP contribution in [0, 0.1) is 0 Å². The number of hydrogen-bond donors (Lipinski definition) is 2. The third-order valence-electron chi connectivity index (χ3n) is 2.99. The Kier molecular flexibility index (Phi) is 5.80. The average molecular weight is 353 g/mol. The standard InChI is InChI=1S/C16H21ClN4O3/c1-16(2,3)19-15(22)23-12(14-21-20-13(9-18)24-14)8-10-4-6-11(17)7-5-10/h4-7,12H,8-9,18H2,1-3H3,(H,19,22)/t12-/m0/s1. The molecule has 7 nitrogen and oxygen atoms in total. The second-order valence-electron chi connectivity index (χ2n) is 6.34. The maximum absolute atomic E-state index is 12.1. The number of rotatable bonds is 5. The van der Waals surface area contributed by atoms with Crippen molar-refractivity contribution in [1.82, 2.24) is 15.5 Å². The molecule has 0 bridgehead atoms. The normalized spacial score (nSPS) is 12.7. The highest BCUT2D eigenvalue weighted by atomic mass is 35.5. The summed E-state index contributed by atoms with van der Waals surface area (Å²) in [6.45, 7) is 5.71. The number of nitrogens with one attached hydrogen (secondary N) is 1. The Labute approximate surface area is 145 Å². The van der Waals surface area contributed by atoms with Gasteiger partial charge in [-0.05, 0) is 38.5 Å². The number of alkyl carbamates (subject to hydrolysis) is 1. The molecule has 2 rings (SSSR count). The minimum Gasteiger partial charge on any atom is -0.436 e. The third-order valence-corrected chi connectivity index (χ3v) is 3.25. The first-order chi connectivity index (χ1) is 11.3. The number of nitrogens with zero attached hydrogens (tertiary/aromatic N) is 2. The summed E-state index contributed by atoms with van der Waals surface area (Å²) in [5.41, 5.74) is 5.99. The van der Waals surface area contributed by atoms with Crippen LogP contribution in [0.3, 0.4) is 0 Å². The van der Waals surface area contributed by atoms with Crippen molar-refractivity contribution in [2.24, 2.45) is 5.73 Å². The van der Waals surface area contributed by atoms with Gasteiger partial charge in [0.1, 0.15) is 0 Å². The minimum absolute atomic E-state index is 0.120. The van der Waals surface area contributed by atoms with Crippen LogP contribution < -0.4 is 11.1 Å². The van der Waals surface area contributed by atoms with Crippen LogP contribution in [-0.2, 0) is 17.7 Å². The van der Waals surface area contributed by atoms with E-state index in [1.165, 1.54) is 0 Å². The lowest BCUT2D eigenvalue weighted by Crippen LogP contribution is -2.41. The van der Waals surface area contributed by atoms with Crippen molar-refractivity contribution in [2.75, 3.05) is 0 Å². The molecule has 0 unspecified atom stereocenters. The molecular formula is C16H21ClN4O3. The molecule has 0 aliphatic rings. The van der Waals surface area contributed by atoms with Crippen LogP contribution in [-0.4, -0.2) is 21.8 Å². The molecule has 24 heavy (non-hydrogen) atoms. The van der Waals surface area contributed by atoms with Crippen molar-refractivity contribution in [1.29, 1.82) is 0 Å². The van der Waals surface area contributed by atoms with Crippen molar-refractivity contribution >= 4 is 17.7 Å². The van der Waals surface area contributed by atoms with Gasteiger partial charge < -0.3 is 20.2 Å². The summed E-state index contributed by atoms with van der Waals surface area (Å²) in [6, 6.07) is 7.23. The second-order valence-corrected chi connectivity index (χ2v) is 6.77. The summed E-state index contributed by atoms with van der Waals surface area (Å²) >= 11 is 5.89.